The molecule has 0 aliphatic rings. The molecule has 0 aliphatic heterocycles. The predicted octanol–water partition coefficient (Wildman–Crippen LogP) is 3.29. The second kappa shape index (κ2) is 8.77. The van der Waals surface area contributed by atoms with E-state index in [1.165, 1.54) is 10.9 Å². The van der Waals surface area contributed by atoms with Crippen LogP contribution in [-0.2, 0) is 13.0 Å². The average Bonchev–Trinajstić information content (AvgIpc) is 3.40. The number of H-pyrrole nitrogens is 1. The van der Waals surface area contributed by atoms with Crippen LogP contribution in [0.4, 0.5) is 0 Å². The lowest BCUT2D eigenvalue weighted by Crippen LogP contribution is -2.25. The van der Waals surface area contributed by atoms with Gasteiger partial charge in [-0.25, -0.2) is 4.68 Å². The van der Waals surface area contributed by atoms with Crippen LogP contribution in [0.2, 0.25) is 0 Å². The van der Waals surface area contributed by atoms with Gasteiger partial charge in [-0.15, -0.1) is 5.10 Å². The molecule has 4 rings (SSSR count). The maximum Gasteiger partial charge on any atom is 0.251 e. The van der Waals surface area contributed by atoms with E-state index in [1.807, 2.05) is 38.2 Å². The van der Waals surface area contributed by atoms with Gasteiger partial charge in [0.1, 0.15) is 12.4 Å². The first-order chi connectivity index (χ1) is 14.6. The highest BCUT2D eigenvalue weighted by atomic mass is 16.5. The van der Waals surface area contributed by atoms with Gasteiger partial charge >= 0.3 is 0 Å². The monoisotopic (exact) mass is 404 g/mol. The average molecular weight is 404 g/mol. The maximum absolute atomic E-state index is 12.4. The minimum Gasteiger partial charge on any atom is -0.486 e. The second-order valence-electron chi connectivity index (χ2n) is 7.31. The zero-order valence-corrected chi connectivity index (χ0v) is 17.0. The highest BCUT2D eigenvalue weighted by molar-refractivity contribution is 5.94. The maximum atomic E-state index is 12.4. The van der Waals surface area contributed by atoms with Crippen LogP contribution in [0.5, 0.6) is 5.75 Å². The number of hydrogen-bond acceptors (Lipinski definition) is 5. The quantitative estimate of drug-likeness (QED) is 0.470. The van der Waals surface area contributed by atoms with E-state index in [0.717, 1.165) is 11.9 Å². The van der Waals surface area contributed by atoms with Gasteiger partial charge in [0.25, 0.3) is 5.91 Å². The third-order valence-corrected chi connectivity index (χ3v) is 4.89. The fourth-order valence-corrected chi connectivity index (χ4v) is 3.31. The van der Waals surface area contributed by atoms with Gasteiger partial charge in [0.15, 0.2) is 5.82 Å². The summed E-state index contributed by atoms with van der Waals surface area (Å²) in [5, 5.41) is 15.8. The van der Waals surface area contributed by atoms with Gasteiger partial charge in [0, 0.05) is 29.2 Å². The SMILES string of the molecule is CC(C)n1nnnc1COc1ccc(C(=O)NCCc2c[nH]c3ccccc23)cc1. The Morgan fingerprint density at radius 1 is 1.17 bits per heavy atom. The van der Waals surface area contributed by atoms with E-state index >= 15 is 0 Å². The molecule has 0 saturated heterocycles. The van der Waals surface area contributed by atoms with Crippen molar-refractivity contribution in [2.45, 2.75) is 32.9 Å². The van der Waals surface area contributed by atoms with Crippen molar-refractivity contribution in [1.82, 2.24) is 30.5 Å². The van der Waals surface area contributed by atoms with Gasteiger partial charge in [-0.05, 0) is 66.6 Å². The lowest BCUT2D eigenvalue weighted by molar-refractivity contribution is 0.0954. The fourth-order valence-electron chi connectivity index (χ4n) is 3.31. The molecule has 4 aromatic rings. The van der Waals surface area contributed by atoms with Gasteiger partial charge in [-0.3, -0.25) is 4.79 Å². The molecular weight excluding hydrogens is 380 g/mol. The highest BCUT2D eigenvalue weighted by Gasteiger charge is 2.11. The summed E-state index contributed by atoms with van der Waals surface area (Å²) in [6.07, 6.45) is 2.76. The first-order valence-electron chi connectivity index (χ1n) is 9.94. The summed E-state index contributed by atoms with van der Waals surface area (Å²) < 4.78 is 7.47. The third-order valence-electron chi connectivity index (χ3n) is 4.89. The highest BCUT2D eigenvalue weighted by Crippen LogP contribution is 2.18. The summed E-state index contributed by atoms with van der Waals surface area (Å²) in [6, 6.07) is 15.4. The van der Waals surface area contributed by atoms with E-state index in [4.69, 9.17) is 4.74 Å². The van der Waals surface area contributed by atoms with E-state index in [9.17, 15) is 4.79 Å². The smallest absolute Gasteiger partial charge is 0.251 e. The van der Waals surface area contributed by atoms with E-state index in [1.54, 1.807) is 28.9 Å². The Morgan fingerprint density at radius 2 is 1.97 bits per heavy atom. The number of nitrogens with one attached hydrogen (secondary N) is 2. The summed E-state index contributed by atoms with van der Waals surface area (Å²) >= 11 is 0. The lowest BCUT2D eigenvalue weighted by atomic mass is 10.1. The predicted molar refractivity (Wildman–Crippen MR) is 113 cm³/mol. The first kappa shape index (κ1) is 19.6. The lowest BCUT2D eigenvalue weighted by Gasteiger charge is -2.10. The number of benzene rings is 2. The Morgan fingerprint density at radius 3 is 2.77 bits per heavy atom. The topological polar surface area (TPSA) is 97.7 Å². The zero-order valence-electron chi connectivity index (χ0n) is 17.0. The Balaban J connectivity index is 1.29. The molecule has 2 aromatic heterocycles. The van der Waals surface area contributed by atoms with Crippen LogP contribution >= 0.6 is 0 Å². The molecule has 0 aliphatic carbocycles. The number of rotatable bonds is 8. The van der Waals surface area contributed by atoms with Crippen molar-refractivity contribution in [3.8, 4) is 5.75 Å². The minimum absolute atomic E-state index is 0.106. The van der Waals surface area contributed by atoms with Crippen molar-refractivity contribution < 1.29 is 9.53 Å². The number of tetrazole rings is 1. The Labute approximate surface area is 174 Å². The Kier molecular flexibility index (Phi) is 5.74. The number of para-hydroxylation sites is 1. The third kappa shape index (κ3) is 4.32. The van der Waals surface area contributed by atoms with E-state index < -0.39 is 0 Å². The van der Waals surface area contributed by atoms with Crippen molar-refractivity contribution in [1.29, 1.82) is 0 Å². The Hall–Kier alpha value is -3.68. The number of carbonyl (C=O) groups excluding carboxylic acids is 1. The van der Waals surface area contributed by atoms with Gasteiger partial charge in [0.05, 0.1) is 6.04 Å². The van der Waals surface area contributed by atoms with Crippen molar-refractivity contribution >= 4 is 16.8 Å². The number of amides is 1. The second-order valence-corrected chi connectivity index (χ2v) is 7.31. The number of ether oxygens (including phenoxy) is 1. The normalized spacial score (nSPS) is 11.2. The molecule has 154 valence electrons. The Bertz CT molecular complexity index is 1130. The molecule has 30 heavy (non-hydrogen) atoms. The molecule has 0 fully saturated rings. The van der Waals surface area contributed by atoms with E-state index in [0.29, 0.717) is 23.7 Å². The molecule has 0 radical (unpaired) electrons. The largest absolute Gasteiger partial charge is 0.486 e. The van der Waals surface area contributed by atoms with Crippen LogP contribution < -0.4 is 10.1 Å². The molecule has 2 aromatic carbocycles. The molecule has 0 spiro atoms. The van der Waals surface area contributed by atoms with Crippen LogP contribution in [0.15, 0.2) is 54.7 Å². The molecule has 0 saturated carbocycles. The van der Waals surface area contributed by atoms with Crippen LogP contribution in [-0.4, -0.2) is 37.6 Å². The molecule has 0 unspecified atom stereocenters. The first-order valence-corrected chi connectivity index (χ1v) is 9.94. The summed E-state index contributed by atoms with van der Waals surface area (Å²) in [4.78, 5) is 15.7. The van der Waals surface area contributed by atoms with Crippen LogP contribution in [0.3, 0.4) is 0 Å². The number of carbonyl (C=O) groups is 1. The van der Waals surface area contributed by atoms with Crippen molar-refractivity contribution in [3.05, 3.63) is 71.7 Å². The number of fused-ring (bicyclic) bond motifs is 1. The number of aromatic nitrogens is 5. The summed E-state index contributed by atoms with van der Waals surface area (Å²) in [7, 11) is 0. The number of aromatic amines is 1. The van der Waals surface area contributed by atoms with Crippen LogP contribution in [0.25, 0.3) is 10.9 Å². The van der Waals surface area contributed by atoms with Crippen molar-refractivity contribution in [2.75, 3.05) is 6.54 Å². The molecule has 1 amide bonds. The summed E-state index contributed by atoms with van der Waals surface area (Å²) in [5.41, 5.74) is 2.89. The van der Waals surface area contributed by atoms with E-state index in [-0.39, 0.29) is 18.6 Å². The molecule has 2 N–H and O–H groups in total. The molecule has 0 atom stereocenters. The van der Waals surface area contributed by atoms with Gasteiger partial charge < -0.3 is 15.0 Å². The van der Waals surface area contributed by atoms with Gasteiger partial charge in [-0.2, -0.15) is 0 Å². The van der Waals surface area contributed by atoms with Gasteiger partial charge in [0.2, 0.25) is 0 Å². The zero-order chi connectivity index (χ0) is 20.9. The molecule has 8 nitrogen and oxygen atoms in total. The summed E-state index contributed by atoms with van der Waals surface area (Å²) in [6.45, 7) is 4.84. The van der Waals surface area contributed by atoms with Crippen molar-refractivity contribution in [2.24, 2.45) is 0 Å². The molecule has 2 heterocycles. The molecular formula is C22H24N6O2. The van der Waals surface area contributed by atoms with Gasteiger partial charge in [-0.1, -0.05) is 18.2 Å². The summed E-state index contributed by atoms with van der Waals surface area (Å²) in [5.74, 6) is 1.21. The fraction of sp³-hybridized carbons (Fsp3) is 0.273. The van der Waals surface area contributed by atoms with Crippen molar-refractivity contribution in [3.63, 3.8) is 0 Å². The molecule has 8 heteroatoms. The number of nitrogens with zero attached hydrogens (tertiary/aromatic N) is 4. The minimum atomic E-state index is -0.106. The van der Waals surface area contributed by atoms with Crippen LogP contribution in [0, 0.1) is 0 Å². The molecule has 0 bridgehead atoms. The van der Waals surface area contributed by atoms with E-state index in [2.05, 4.69) is 31.9 Å². The standard InChI is InChI=1S/C22H24N6O2/c1-15(2)28-21(25-26-27-28)14-30-18-9-7-16(8-10-18)22(29)23-12-11-17-13-24-20-6-4-3-5-19(17)20/h3-10,13,15,24H,11-12,14H2,1-2H3,(H,23,29). The van der Waals surface area contributed by atoms with Crippen LogP contribution in [0.1, 0.15) is 41.6 Å². The number of hydrogen-bond donors (Lipinski definition) is 2.